The Hall–Kier alpha value is -1.55. The van der Waals surface area contributed by atoms with E-state index in [0.29, 0.717) is 17.7 Å². The average Bonchev–Trinajstić information content (AvgIpc) is 2.25. The molecule has 1 aromatic carbocycles. The van der Waals surface area contributed by atoms with E-state index in [1.54, 1.807) is 18.2 Å². The summed E-state index contributed by atoms with van der Waals surface area (Å²) < 4.78 is 0. The van der Waals surface area contributed by atoms with Crippen LogP contribution in [0.4, 0.5) is 5.69 Å². The number of hydrogen-bond donors (Lipinski definition) is 3. The van der Waals surface area contributed by atoms with Gasteiger partial charge in [-0.3, -0.25) is 4.79 Å². The molecule has 4 heteroatoms. The number of carbonyl (C=O) groups is 1. The lowest BCUT2D eigenvalue weighted by Gasteiger charge is -2.15. The van der Waals surface area contributed by atoms with E-state index in [2.05, 4.69) is 5.32 Å². The number of aliphatic hydroxyl groups excluding tert-OH is 1. The number of aliphatic hydroxyl groups is 1. The third-order valence-electron chi connectivity index (χ3n) is 2.54. The molecule has 0 radical (unpaired) electrons. The van der Waals surface area contributed by atoms with Crippen LogP contribution in [-0.2, 0) is 0 Å². The van der Waals surface area contributed by atoms with E-state index in [0.717, 1.165) is 5.56 Å². The van der Waals surface area contributed by atoms with Gasteiger partial charge in [0.25, 0.3) is 5.91 Å². The van der Waals surface area contributed by atoms with Crippen LogP contribution in [0.25, 0.3) is 0 Å². The van der Waals surface area contributed by atoms with Crippen molar-refractivity contribution in [1.29, 1.82) is 0 Å². The van der Waals surface area contributed by atoms with E-state index < -0.39 is 0 Å². The summed E-state index contributed by atoms with van der Waals surface area (Å²) in [4.78, 5) is 11.8. The lowest BCUT2D eigenvalue weighted by molar-refractivity contribution is 0.0914. The van der Waals surface area contributed by atoms with Crippen LogP contribution in [0.15, 0.2) is 18.2 Å². The number of hydrogen-bond acceptors (Lipinski definition) is 3. The SMILES string of the molecule is CC[C@H](CO)NC(=O)c1ccc(N)cc1C. The summed E-state index contributed by atoms with van der Waals surface area (Å²) in [5, 5.41) is 11.8. The second-order valence-corrected chi connectivity index (χ2v) is 3.84. The van der Waals surface area contributed by atoms with Crippen molar-refractivity contribution in [2.45, 2.75) is 26.3 Å². The van der Waals surface area contributed by atoms with Crippen molar-refractivity contribution in [2.24, 2.45) is 0 Å². The molecule has 4 N–H and O–H groups in total. The van der Waals surface area contributed by atoms with Crippen LogP contribution in [-0.4, -0.2) is 23.7 Å². The van der Waals surface area contributed by atoms with Gasteiger partial charge in [0, 0.05) is 11.3 Å². The summed E-state index contributed by atoms with van der Waals surface area (Å²) in [6.07, 6.45) is 0.705. The Morgan fingerprint density at radius 3 is 2.75 bits per heavy atom. The van der Waals surface area contributed by atoms with Crippen molar-refractivity contribution in [3.63, 3.8) is 0 Å². The molecule has 0 unspecified atom stereocenters. The minimum absolute atomic E-state index is 0.0454. The summed E-state index contributed by atoms with van der Waals surface area (Å²) in [6, 6.07) is 4.96. The van der Waals surface area contributed by atoms with Gasteiger partial charge in [-0.2, -0.15) is 0 Å². The highest BCUT2D eigenvalue weighted by Crippen LogP contribution is 2.12. The van der Waals surface area contributed by atoms with E-state index in [1.807, 2.05) is 13.8 Å². The Labute approximate surface area is 95.5 Å². The lowest BCUT2D eigenvalue weighted by Crippen LogP contribution is -2.37. The first-order valence-corrected chi connectivity index (χ1v) is 5.36. The van der Waals surface area contributed by atoms with Gasteiger partial charge < -0.3 is 16.2 Å². The first kappa shape index (κ1) is 12.5. The molecule has 4 nitrogen and oxygen atoms in total. The number of anilines is 1. The van der Waals surface area contributed by atoms with E-state index in [4.69, 9.17) is 10.8 Å². The highest BCUT2D eigenvalue weighted by atomic mass is 16.3. The number of rotatable bonds is 4. The number of nitrogens with one attached hydrogen (secondary N) is 1. The normalized spacial score (nSPS) is 12.2. The Morgan fingerprint density at radius 1 is 1.56 bits per heavy atom. The Morgan fingerprint density at radius 2 is 2.25 bits per heavy atom. The number of carbonyl (C=O) groups excluding carboxylic acids is 1. The molecular formula is C12H18N2O2. The summed E-state index contributed by atoms with van der Waals surface area (Å²) in [6.45, 7) is 3.71. The Kier molecular flexibility index (Phi) is 4.31. The highest BCUT2D eigenvalue weighted by Gasteiger charge is 2.12. The second-order valence-electron chi connectivity index (χ2n) is 3.84. The molecule has 0 spiro atoms. The predicted molar refractivity (Wildman–Crippen MR) is 64.2 cm³/mol. The van der Waals surface area contributed by atoms with Crippen molar-refractivity contribution >= 4 is 11.6 Å². The van der Waals surface area contributed by atoms with Gasteiger partial charge in [-0.05, 0) is 37.1 Å². The minimum Gasteiger partial charge on any atom is -0.399 e. The molecule has 16 heavy (non-hydrogen) atoms. The van der Waals surface area contributed by atoms with Crippen LogP contribution in [0, 0.1) is 6.92 Å². The number of aryl methyl sites for hydroxylation is 1. The minimum atomic E-state index is -0.190. The highest BCUT2D eigenvalue weighted by molar-refractivity contribution is 5.96. The molecule has 1 aromatic rings. The summed E-state index contributed by atoms with van der Waals surface area (Å²) in [5.41, 5.74) is 7.69. The Bertz CT molecular complexity index is 373. The largest absolute Gasteiger partial charge is 0.399 e. The molecule has 0 aromatic heterocycles. The zero-order valence-electron chi connectivity index (χ0n) is 9.66. The molecule has 0 fully saturated rings. The van der Waals surface area contributed by atoms with E-state index in [9.17, 15) is 4.79 Å². The van der Waals surface area contributed by atoms with Crippen LogP contribution in [0.5, 0.6) is 0 Å². The number of nitrogen functional groups attached to an aromatic ring is 1. The molecule has 0 aliphatic carbocycles. The topological polar surface area (TPSA) is 75.3 Å². The third-order valence-corrected chi connectivity index (χ3v) is 2.54. The molecule has 0 saturated heterocycles. The standard InChI is InChI=1S/C12H18N2O2/c1-3-10(7-15)14-12(16)11-5-4-9(13)6-8(11)2/h4-6,10,15H,3,7,13H2,1-2H3,(H,14,16)/t10-/m1/s1. The van der Waals surface area contributed by atoms with Gasteiger partial charge in [0.2, 0.25) is 0 Å². The van der Waals surface area contributed by atoms with Crippen LogP contribution in [0.3, 0.4) is 0 Å². The van der Waals surface area contributed by atoms with Crippen molar-refractivity contribution in [1.82, 2.24) is 5.32 Å². The molecule has 88 valence electrons. The maximum atomic E-state index is 11.8. The number of amides is 1. The van der Waals surface area contributed by atoms with Gasteiger partial charge in [0.1, 0.15) is 0 Å². The van der Waals surface area contributed by atoms with Gasteiger partial charge in [-0.1, -0.05) is 6.92 Å². The van der Waals surface area contributed by atoms with Gasteiger partial charge >= 0.3 is 0 Å². The molecule has 0 aliphatic heterocycles. The maximum absolute atomic E-state index is 11.8. The van der Waals surface area contributed by atoms with E-state index in [-0.39, 0.29) is 18.6 Å². The fourth-order valence-electron chi connectivity index (χ4n) is 1.48. The molecule has 0 heterocycles. The van der Waals surface area contributed by atoms with Crippen LogP contribution < -0.4 is 11.1 Å². The molecule has 1 rings (SSSR count). The third kappa shape index (κ3) is 2.97. The van der Waals surface area contributed by atoms with Crippen molar-refractivity contribution in [3.8, 4) is 0 Å². The van der Waals surface area contributed by atoms with Crippen LogP contribution in [0.2, 0.25) is 0 Å². The monoisotopic (exact) mass is 222 g/mol. The molecule has 1 amide bonds. The zero-order valence-corrected chi connectivity index (χ0v) is 9.66. The maximum Gasteiger partial charge on any atom is 0.251 e. The zero-order chi connectivity index (χ0) is 12.1. The first-order valence-electron chi connectivity index (χ1n) is 5.36. The first-order chi connectivity index (χ1) is 7.58. The predicted octanol–water partition coefficient (Wildman–Crippen LogP) is 1.08. The number of benzene rings is 1. The molecular weight excluding hydrogens is 204 g/mol. The summed E-state index contributed by atoms with van der Waals surface area (Å²) in [5.74, 6) is -0.168. The van der Waals surface area contributed by atoms with Crippen LogP contribution >= 0.6 is 0 Å². The van der Waals surface area contributed by atoms with Crippen molar-refractivity contribution in [3.05, 3.63) is 29.3 Å². The summed E-state index contributed by atoms with van der Waals surface area (Å²) >= 11 is 0. The van der Waals surface area contributed by atoms with Gasteiger partial charge in [-0.25, -0.2) is 0 Å². The number of nitrogens with two attached hydrogens (primary N) is 1. The fourth-order valence-corrected chi connectivity index (χ4v) is 1.48. The molecule has 1 atom stereocenters. The van der Waals surface area contributed by atoms with Gasteiger partial charge in [0.15, 0.2) is 0 Å². The summed E-state index contributed by atoms with van der Waals surface area (Å²) in [7, 11) is 0. The van der Waals surface area contributed by atoms with E-state index >= 15 is 0 Å². The van der Waals surface area contributed by atoms with Crippen molar-refractivity contribution in [2.75, 3.05) is 12.3 Å². The Balaban J connectivity index is 2.80. The van der Waals surface area contributed by atoms with E-state index in [1.165, 1.54) is 0 Å². The van der Waals surface area contributed by atoms with Gasteiger partial charge in [0.05, 0.1) is 12.6 Å². The van der Waals surface area contributed by atoms with Crippen LogP contribution in [0.1, 0.15) is 29.3 Å². The molecule has 0 aliphatic rings. The second kappa shape index (κ2) is 5.51. The smallest absolute Gasteiger partial charge is 0.251 e. The lowest BCUT2D eigenvalue weighted by atomic mass is 10.1. The van der Waals surface area contributed by atoms with Gasteiger partial charge in [-0.15, -0.1) is 0 Å². The fraction of sp³-hybridized carbons (Fsp3) is 0.417. The molecule has 0 saturated carbocycles. The average molecular weight is 222 g/mol. The molecule has 0 bridgehead atoms. The quantitative estimate of drug-likeness (QED) is 0.667. The van der Waals surface area contributed by atoms with Crippen molar-refractivity contribution < 1.29 is 9.90 Å².